The van der Waals surface area contributed by atoms with Crippen molar-refractivity contribution in [1.82, 2.24) is 9.38 Å². The Bertz CT molecular complexity index is 708. The van der Waals surface area contributed by atoms with Crippen LogP contribution in [-0.4, -0.2) is 20.3 Å². The molecule has 2 aromatic rings. The van der Waals surface area contributed by atoms with Gasteiger partial charge in [-0.05, 0) is 25.0 Å². The van der Waals surface area contributed by atoms with Crippen molar-refractivity contribution in [2.75, 3.05) is 5.32 Å². The Balaban J connectivity index is 2.66. The van der Waals surface area contributed by atoms with Gasteiger partial charge < -0.3 is 5.32 Å². The molecule has 2 heterocycles. The molecule has 0 radical (unpaired) electrons. The van der Waals surface area contributed by atoms with Crippen molar-refractivity contribution >= 4 is 17.2 Å². The number of nitrogens with zero attached hydrogens (tertiary/aromatic N) is 3. The Morgan fingerprint density at radius 1 is 1.35 bits per heavy atom. The Labute approximate surface area is 115 Å². The van der Waals surface area contributed by atoms with Gasteiger partial charge in [0.2, 0.25) is 5.82 Å². The van der Waals surface area contributed by atoms with Gasteiger partial charge in [-0.3, -0.25) is 19.3 Å². The topological polar surface area (TPSA) is 89.5 Å². The number of nitrogens with one attached hydrogen (secondary N) is 1. The summed E-state index contributed by atoms with van der Waals surface area (Å²) in [5.74, 6) is 0.276. The van der Waals surface area contributed by atoms with E-state index in [0.29, 0.717) is 5.65 Å². The van der Waals surface area contributed by atoms with E-state index in [2.05, 4.69) is 10.3 Å². The van der Waals surface area contributed by atoms with Crippen LogP contribution in [0.5, 0.6) is 0 Å². The third-order valence-corrected chi connectivity index (χ3v) is 3.26. The van der Waals surface area contributed by atoms with Gasteiger partial charge in [-0.15, -0.1) is 0 Å². The Hall–Kier alpha value is -2.44. The summed E-state index contributed by atoms with van der Waals surface area (Å²) in [4.78, 5) is 26.8. The van der Waals surface area contributed by atoms with Gasteiger partial charge in [0, 0.05) is 12.2 Å². The van der Waals surface area contributed by atoms with E-state index in [0.717, 1.165) is 0 Å². The van der Waals surface area contributed by atoms with E-state index in [1.165, 1.54) is 10.6 Å². The Morgan fingerprint density at radius 3 is 2.65 bits per heavy atom. The van der Waals surface area contributed by atoms with E-state index >= 15 is 0 Å². The number of pyridine rings is 1. The van der Waals surface area contributed by atoms with E-state index in [1.807, 2.05) is 20.8 Å². The molecule has 106 valence electrons. The molecule has 7 heteroatoms. The van der Waals surface area contributed by atoms with Crippen LogP contribution in [0.15, 0.2) is 29.2 Å². The minimum absolute atomic E-state index is 0.0207. The largest absolute Gasteiger partial charge is 0.376 e. The first kappa shape index (κ1) is 14.0. The van der Waals surface area contributed by atoms with E-state index in [4.69, 9.17) is 0 Å². The van der Waals surface area contributed by atoms with Crippen LogP contribution in [0.2, 0.25) is 0 Å². The average molecular weight is 276 g/mol. The number of hydrogen-bond acceptors (Lipinski definition) is 5. The minimum Gasteiger partial charge on any atom is -0.361 e. The molecule has 0 saturated carbocycles. The van der Waals surface area contributed by atoms with Gasteiger partial charge in [0.25, 0.3) is 0 Å². The smallest absolute Gasteiger partial charge is 0.361 e. The second-order valence-electron chi connectivity index (χ2n) is 4.98. The van der Waals surface area contributed by atoms with Gasteiger partial charge in [0.1, 0.15) is 5.65 Å². The first-order chi connectivity index (χ1) is 9.41. The molecule has 0 spiro atoms. The summed E-state index contributed by atoms with van der Waals surface area (Å²) >= 11 is 0. The highest BCUT2D eigenvalue weighted by molar-refractivity contribution is 5.60. The molecular weight excluding hydrogens is 260 g/mol. The summed E-state index contributed by atoms with van der Waals surface area (Å²) in [7, 11) is 0. The molecule has 7 nitrogen and oxygen atoms in total. The summed E-state index contributed by atoms with van der Waals surface area (Å²) in [6.07, 6.45) is 1.47. The predicted octanol–water partition coefficient (Wildman–Crippen LogP) is 2.06. The van der Waals surface area contributed by atoms with E-state index < -0.39 is 16.2 Å². The lowest BCUT2D eigenvalue weighted by Gasteiger charge is -2.18. The summed E-state index contributed by atoms with van der Waals surface area (Å²) in [5.41, 5.74) is -0.832. The van der Waals surface area contributed by atoms with Gasteiger partial charge in [-0.2, -0.15) is 0 Å². The lowest BCUT2D eigenvalue weighted by atomic mass is 10.1. The SMILES string of the molecule is CC(C)C(C)Nc1nc2ccccn2c(=O)c1[N+](=O)[O-]. The van der Waals surface area contributed by atoms with Crippen LogP contribution in [0.1, 0.15) is 20.8 Å². The van der Waals surface area contributed by atoms with Crippen molar-refractivity contribution in [3.8, 4) is 0 Å². The van der Waals surface area contributed by atoms with Gasteiger partial charge in [-0.25, -0.2) is 4.98 Å². The quantitative estimate of drug-likeness (QED) is 0.682. The first-order valence-corrected chi connectivity index (χ1v) is 6.34. The third kappa shape index (κ3) is 2.47. The average Bonchev–Trinajstić information content (AvgIpc) is 2.38. The molecule has 0 saturated heterocycles. The van der Waals surface area contributed by atoms with Crippen molar-refractivity contribution < 1.29 is 4.92 Å². The maximum Gasteiger partial charge on any atom is 0.376 e. The highest BCUT2D eigenvalue weighted by Gasteiger charge is 2.24. The number of hydrogen-bond donors (Lipinski definition) is 1. The van der Waals surface area contributed by atoms with Crippen LogP contribution in [-0.2, 0) is 0 Å². The third-order valence-electron chi connectivity index (χ3n) is 3.26. The molecule has 1 N–H and O–H groups in total. The maximum absolute atomic E-state index is 12.2. The van der Waals surface area contributed by atoms with E-state index in [9.17, 15) is 14.9 Å². The second-order valence-corrected chi connectivity index (χ2v) is 4.98. The van der Waals surface area contributed by atoms with Crippen LogP contribution >= 0.6 is 0 Å². The van der Waals surface area contributed by atoms with Gasteiger partial charge in [0.05, 0.1) is 4.92 Å². The molecular formula is C13H16N4O3. The molecule has 1 unspecified atom stereocenters. The number of rotatable bonds is 4. The first-order valence-electron chi connectivity index (χ1n) is 6.34. The van der Waals surface area contributed by atoms with Crippen molar-refractivity contribution in [2.24, 2.45) is 5.92 Å². The van der Waals surface area contributed by atoms with Crippen molar-refractivity contribution in [3.63, 3.8) is 0 Å². The molecule has 2 aromatic heterocycles. The van der Waals surface area contributed by atoms with Crippen LogP contribution < -0.4 is 10.9 Å². The summed E-state index contributed by atoms with van der Waals surface area (Å²) in [6, 6.07) is 4.95. The molecule has 0 aliphatic heterocycles. The molecule has 0 aliphatic rings. The number of nitro groups is 1. The molecule has 20 heavy (non-hydrogen) atoms. The van der Waals surface area contributed by atoms with E-state index in [1.54, 1.807) is 18.2 Å². The summed E-state index contributed by atoms with van der Waals surface area (Å²) < 4.78 is 1.17. The molecule has 0 amide bonds. The lowest BCUT2D eigenvalue weighted by Crippen LogP contribution is -2.26. The highest BCUT2D eigenvalue weighted by Crippen LogP contribution is 2.20. The highest BCUT2D eigenvalue weighted by atomic mass is 16.6. The number of fused-ring (bicyclic) bond motifs is 1. The van der Waals surface area contributed by atoms with Crippen LogP contribution in [0, 0.1) is 16.0 Å². The fourth-order valence-corrected chi connectivity index (χ4v) is 1.73. The zero-order valence-corrected chi connectivity index (χ0v) is 11.5. The zero-order chi connectivity index (χ0) is 14.9. The van der Waals surface area contributed by atoms with E-state index in [-0.39, 0.29) is 17.8 Å². The fraction of sp³-hybridized carbons (Fsp3) is 0.385. The summed E-state index contributed by atoms with van der Waals surface area (Å²) in [5, 5.41) is 14.1. The molecule has 0 aliphatic carbocycles. The molecule has 2 rings (SSSR count). The Kier molecular flexibility index (Phi) is 3.69. The minimum atomic E-state index is -0.690. The van der Waals surface area contributed by atoms with Gasteiger partial charge >= 0.3 is 11.2 Å². The van der Waals surface area contributed by atoms with Crippen LogP contribution in [0.4, 0.5) is 11.5 Å². The molecule has 1 atom stereocenters. The predicted molar refractivity (Wildman–Crippen MR) is 76.0 cm³/mol. The molecule has 0 fully saturated rings. The van der Waals surface area contributed by atoms with Crippen molar-refractivity contribution in [2.45, 2.75) is 26.8 Å². The normalized spacial score (nSPS) is 12.6. The lowest BCUT2D eigenvalue weighted by molar-refractivity contribution is -0.385. The summed E-state index contributed by atoms with van der Waals surface area (Å²) in [6.45, 7) is 5.86. The van der Waals surface area contributed by atoms with Gasteiger partial charge in [0.15, 0.2) is 0 Å². The van der Waals surface area contributed by atoms with Crippen molar-refractivity contribution in [1.29, 1.82) is 0 Å². The molecule has 0 bridgehead atoms. The monoisotopic (exact) mass is 276 g/mol. The fourth-order valence-electron chi connectivity index (χ4n) is 1.73. The molecule has 0 aromatic carbocycles. The Morgan fingerprint density at radius 2 is 2.05 bits per heavy atom. The zero-order valence-electron chi connectivity index (χ0n) is 11.5. The van der Waals surface area contributed by atoms with Crippen LogP contribution in [0.25, 0.3) is 5.65 Å². The maximum atomic E-state index is 12.2. The van der Waals surface area contributed by atoms with Crippen molar-refractivity contribution in [3.05, 3.63) is 44.9 Å². The number of anilines is 1. The van der Waals surface area contributed by atoms with Crippen LogP contribution in [0.3, 0.4) is 0 Å². The second kappa shape index (κ2) is 5.28. The van der Waals surface area contributed by atoms with Gasteiger partial charge in [-0.1, -0.05) is 19.9 Å². The standard InChI is InChI=1S/C13H16N4O3/c1-8(2)9(3)14-12-11(17(19)20)13(18)16-7-5-4-6-10(16)15-12/h4-9,14H,1-3H3. The number of aromatic nitrogens is 2.